The normalized spacial score (nSPS) is 9.82. The van der Waals surface area contributed by atoms with Crippen molar-refractivity contribution in [1.29, 1.82) is 5.26 Å². The van der Waals surface area contributed by atoms with Crippen LogP contribution in [-0.2, 0) is 5.75 Å². The molecule has 0 unspecified atom stereocenters. The molecule has 0 bridgehead atoms. The minimum atomic E-state index is 0.266. The summed E-state index contributed by atoms with van der Waals surface area (Å²) in [6.07, 6.45) is 1.64. The highest BCUT2D eigenvalue weighted by atomic mass is 32.2. The molecule has 0 aliphatic carbocycles. The zero-order chi connectivity index (χ0) is 12.1. The molecule has 0 saturated carbocycles. The lowest BCUT2D eigenvalue weighted by Crippen LogP contribution is -1.86. The average Bonchev–Trinajstić information content (AvgIpc) is 2.37. The maximum atomic E-state index is 9.33. The summed E-state index contributed by atoms with van der Waals surface area (Å²) in [4.78, 5) is 4.92. The highest BCUT2D eigenvalue weighted by Crippen LogP contribution is 2.25. The molecule has 1 N–H and O–H groups in total. The van der Waals surface area contributed by atoms with E-state index in [2.05, 4.69) is 4.98 Å². The number of nitriles is 1. The summed E-state index contributed by atoms with van der Waals surface area (Å²) >= 11 is 1.61. The molecule has 1 heterocycles. The Hall–Kier alpha value is -1.99. The van der Waals surface area contributed by atoms with Gasteiger partial charge < -0.3 is 5.11 Å². The van der Waals surface area contributed by atoms with Crippen LogP contribution < -0.4 is 0 Å². The van der Waals surface area contributed by atoms with E-state index in [0.29, 0.717) is 5.69 Å². The number of thioether (sulfide) groups is 1. The third kappa shape index (κ3) is 3.23. The van der Waals surface area contributed by atoms with Gasteiger partial charge >= 0.3 is 0 Å². The van der Waals surface area contributed by atoms with E-state index in [1.807, 2.05) is 24.3 Å². The minimum Gasteiger partial charge on any atom is -0.508 e. The van der Waals surface area contributed by atoms with Crippen LogP contribution in [0.25, 0.3) is 0 Å². The van der Waals surface area contributed by atoms with E-state index in [9.17, 15) is 5.11 Å². The minimum absolute atomic E-state index is 0.266. The molecule has 2 aromatic rings. The van der Waals surface area contributed by atoms with E-state index in [-0.39, 0.29) is 5.75 Å². The Morgan fingerprint density at radius 3 is 2.94 bits per heavy atom. The second-order valence-electron chi connectivity index (χ2n) is 3.45. The third-order valence-corrected chi connectivity index (χ3v) is 3.23. The van der Waals surface area contributed by atoms with E-state index >= 15 is 0 Å². The smallest absolute Gasteiger partial charge is 0.140 e. The summed E-state index contributed by atoms with van der Waals surface area (Å²) in [5.74, 6) is 1.02. The van der Waals surface area contributed by atoms with Gasteiger partial charge in [0.1, 0.15) is 17.5 Å². The first-order valence-electron chi connectivity index (χ1n) is 5.05. The van der Waals surface area contributed by atoms with Crippen molar-refractivity contribution >= 4 is 11.8 Å². The largest absolute Gasteiger partial charge is 0.508 e. The van der Waals surface area contributed by atoms with Gasteiger partial charge in [0.15, 0.2) is 0 Å². The molecule has 1 aromatic carbocycles. The molecule has 0 spiro atoms. The predicted molar refractivity (Wildman–Crippen MR) is 66.6 cm³/mol. The topological polar surface area (TPSA) is 56.9 Å². The fourth-order valence-electron chi connectivity index (χ4n) is 1.37. The Morgan fingerprint density at radius 1 is 1.29 bits per heavy atom. The average molecular weight is 242 g/mol. The Kier molecular flexibility index (Phi) is 3.63. The number of pyridine rings is 1. The van der Waals surface area contributed by atoms with Gasteiger partial charge in [-0.15, -0.1) is 11.8 Å². The fraction of sp³-hybridized carbons (Fsp3) is 0.0769. The molecule has 0 radical (unpaired) electrons. The second kappa shape index (κ2) is 5.37. The summed E-state index contributed by atoms with van der Waals surface area (Å²) in [5.41, 5.74) is 1.48. The van der Waals surface area contributed by atoms with Crippen LogP contribution in [0.5, 0.6) is 5.75 Å². The predicted octanol–water partition coefficient (Wildman–Crippen LogP) is 2.95. The Balaban J connectivity index is 2.05. The van der Waals surface area contributed by atoms with Crippen molar-refractivity contribution < 1.29 is 5.11 Å². The molecule has 3 nitrogen and oxygen atoms in total. The maximum Gasteiger partial charge on any atom is 0.140 e. The van der Waals surface area contributed by atoms with Gasteiger partial charge in [0, 0.05) is 16.8 Å². The summed E-state index contributed by atoms with van der Waals surface area (Å²) in [6.45, 7) is 0. The Labute approximate surface area is 104 Å². The maximum absolute atomic E-state index is 9.33. The van der Waals surface area contributed by atoms with Crippen LogP contribution in [0.1, 0.15) is 11.3 Å². The summed E-state index contributed by atoms with van der Waals surface area (Å²) < 4.78 is 0. The van der Waals surface area contributed by atoms with Crippen LogP contribution in [0.2, 0.25) is 0 Å². The van der Waals surface area contributed by atoms with E-state index in [1.165, 1.54) is 0 Å². The first-order valence-corrected chi connectivity index (χ1v) is 6.03. The van der Waals surface area contributed by atoms with E-state index in [1.54, 1.807) is 36.2 Å². The molecule has 0 aliphatic heterocycles. The van der Waals surface area contributed by atoms with Crippen molar-refractivity contribution in [2.24, 2.45) is 0 Å². The molecule has 0 atom stereocenters. The van der Waals surface area contributed by atoms with Crippen molar-refractivity contribution in [3.8, 4) is 11.8 Å². The lowest BCUT2D eigenvalue weighted by Gasteiger charge is -2.02. The number of nitrogens with zero attached hydrogens (tertiary/aromatic N) is 2. The van der Waals surface area contributed by atoms with Crippen LogP contribution in [-0.4, -0.2) is 10.1 Å². The molecule has 0 saturated heterocycles. The van der Waals surface area contributed by atoms with Gasteiger partial charge in [-0.1, -0.05) is 6.07 Å². The SMILES string of the molecule is N#Cc1cc(CSc2cccc(O)c2)ccn1. The highest BCUT2D eigenvalue weighted by Gasteiger charge is 1.99. The van der Waals surface area contributed by atoms with E-state index in [4.69, 9.17) is 5.26 Å². The molecule has 17 heavy (non-hydrogen) atoms. The zero-order valence-electron chi connectivity index (χ0n) is 9.00. The molecule has 0 fully saturated rings. The lowest BCUT2D eigenvalue weighted by molar-refractivity contribution is 0.474. The second-order valence-corrected chi connectivity index (χ2v) is 4.50. The molecule has 2 rings (SSSR count). The van der Waals surface area contributed by atoms with Gasteiger partial charge in [-0.2, -0.15) is 5.26 Å². The van der Waals surface area contributed by atoms with Crippen molar-refractivity contribution in [2.75, 3.05) is 0 Å². The number of aromatic nitrogens is 1. The molecule has 1 aromatic heterocycles. The number of hydrogen-bond donors (Lipinski definition) is 1. The van der Waals surface area contributed by atoms with Gasteiger partial charge in [-0.05, 0) is 35.9 Å². The van der Waals surface area contributed by atoms with Crippen LogP contribution in [0.4, 0.5) is 0 Å². The third-order valence-electron chi connectivity index (χ3n) is 2.16. The number of aromatic hydroxyl groups is 1. The quantitative estimate of drug-likeness (QED) is 0.841. The molecular weight excluding hydrogens is 232 g/mol. The first-order chi connectivity index (χ1) is 8.28. The monoisotopic (exact) mass is 242 g/mol. The fourth-order valence-corrected chi connectivity index (χ4v) is 2.26. The standard InChI is InChI=1S/C13H10N2OS/c14-8-11-6-10(4-5-15-11)9-17-13-3-1-2-12(16)7-13/h1-7,16H,9H2. The van der Waals surface area contributed by atoms with Crippen molar-refractivity contribution in [3.05, 3.63) is 53.9 Å². The number of phenols is 1. The molecule has 0 aliphatic rings. The number of rotatable bonds is 3. The molecular formula is C13H10N2OS. The molecule has 84 valence electrons. The first kappa shape index (κ1) is 11.5. The van der Waals surface area contributed by atoms with Crippen LogP contribution in [0.15, 0.2) is 47.5 Å². The van der Waals surface area contributed by atoms with Crippen LogP contribution in [0.3, 0.4) is 0 Å². The van der Waals surface area contributed by atoms with Gasteiger partial charge in [0.25, 0.3) is 0 Å². The Morgan fingerprint density at radius 2 is 2.18 bits per heavy atom. The van der Waals surface area contributed by atoms with Gasteiger partial charge in [0.2, 0.25) is 0 Å². The van der Waals surface area contributed by atoms with Crippen LogP contribution >= 0.6 is 11.8 Å². The van der Waals surface area contributed by atoms with Gasteiger partial charge in [-0.25, -0.2) is 4.98 Å². The van der Waals surface area contributed by atoms with E-state index < -0.39 is 0 Å². The summed E-state index contributed by atoms with van der Waals surface area (Å²) in [7, 11) is 0. The highest BCUT2D eigenvalue weighted by molar-refractivity contribution is 7.98. The van der Waals surface area contributed by atoms with Crippen molar-refractivity contribution in [1.82, 2.24) is 4.98 Å². The van der Waals surface area contributed by atoms with Gasteiger partial charge in [0.05, 0.1) is 0 Å². The molecule has 4 heteroatoms. The summed E-state index contributed by atoms with van der Waals surface area (Å²) in [5, 5.41) is 18.1. The Bertz CT molecular complexity index is 563. The zero-order valence-corrected chi connectivity index (χ0v) is 9.81. The van der Waals surface area contributed by atoms with Crippen molar-refractivity contribution in [2.45, 2.75) is 10.6 Å². The van der Waals surface area contributed by atoms with Crippen molar-refractivity contribution in [3.63, 3.8) is 0 Å². The number of benzene rings is 1. The lowest BCUT2D eigenvalue weighted by atomic mass is 10.2. The number of phenolic OH excluding ortho intramolecular Hbond substituents is 1. The van der Waals surface area contributed by atoms with E-state index in [0.717, 1.165) is 16.2 Å². The number of hydrogen-bond acceptors (Lipinski definition) is 4. The molecule has 0 amide bonds. The summed E-state index contributed by atoms with van der Waals surface area (Å²) in [6, 6.07) is 12.8. The van der Waals surface area contributed by atoms with Crippen LogP contribution in [0, 0.1) is 11.3 Å². The van der Waals surface area contributed by atoms with Gasteiger partial charge in [-0.3, -0.25) is 0 Å².